The second kappa shape index (κ2) is 7.78. The molecular weight excluding hydrogens is 246 g/mol. The molecule has 0 fully saturated rings. The zero-order valence-corrected chi connectivity index (χ0v) is 12.5. The number of likely N-dealkylation sites (N-methyl/N-ethyl adjacent to an activating group) is 1. The van der Waals surface area contributed by atoms with Crippen LogP contribution in [0.3, 0.4) is 0 Å². The molecule has 0 aliphatic carbocycles. The molecule has 20 heavy (non-hydrogen) atoms. The lowest BCUT2D eigenvalue weighted by Crippen LogP contribution is -3.16. The normalized spacial score (nSPS) is 12.6. The van der Waals surface area contributed by atoms with Crippen molar-refractivity contribution in [3.63, 3.8) is 0 Å². The van der Waals surface area contributed by atoms with E-state index in [0.29, 0.717) is 0 Å². The molecule has 1 aromatic carbocycles. The SMILES string of the molecule is C[NH+](C)CC[NH+](Cc1ccccc1)Cc1cccnc1. The molecule has 0 radical (unpaired) electrons. The van der Waals surface area contributed by atoms with Gasteiger partial charge >= 0.3 is 0 Å². The first-order valence-electron chi connectivity index (χ1n) is 7.29. The first kappa shape index (κ1) is 14.7. The first-order valence-corrected chi connectivity index (χ1v) is 7.29. The number of benzene rings is 1. The number of hydrogen-bond acceptors (Lipinski definition) is 1. The van der Waals surface area contributed by atoms with Crippen LogP contribution in [0.5, 0.6) is 0 Å². The summed E-state index contributed by atoms with van der Waals surface area (Å²) in [7, 11) is 4.43. The summed E-state index contributed by atoms with van der Waals surface area (Å²) in [5, 5.41) is 0. The van der Waals surface area contributed by atoms with E-state index < -0.39 is 0 Å². The smallest absolute Gasteiger partial charge is 0.127 e. The van der Waals surface area contributed by atoms with E-state index in [1.54, 1.807) is 4.90 Å². The lowest BCUT2D eigenvalue weighted by Gasteiger charge is -2.20. The van der Waals surface area contributed by atoms with Crippen LogP contribution in [0.2, 0.25) is 0 Å². The van der Waals surface area contributed by atoms with Gasteiger partial charge in [0.1, 0.15) is 26.2 Å². The maximum atomic E-state index is 4.22. The fourth-order valence-corrected chi connectivity index (χ4v) is 2.34. The minimum absolute atomic E-state index is 1.04. The van der Waals surface area contributed by atoms with E-state index in [1.807, 2.05) is 18.5 Å². The summed E-state index contributed by atoms with van der Waals surface area (Å²) in [6, 6.07) is 14.9. The van der Waals surface area contributed by atoms with Crippen LogP contribution >= 0.6 is 0 Å². The van der Waals surface area contributed by atoms with E-state index in [4.69, 9.17) is 0 Å². The molecule has 1 heterocycles. The molecule has 0 bridgehead atoms. The predicted octanol–water partition coefficient (Wildman–Crippen LogP) is -0.189. The Balaban J connectivity index is 2.00. The Hall–Kier alpha value is -1.71. The second-order valence-corrected chi connectivity index (χ2v) is 5.66. The molecule has 3 heteroatoms. The second-order valence-electron chi connectivity index (χ2n) is 5.66. The van der Waals surface area contributed by atoms with Gasteiger partial charge in [-0.1, -0.05) is 36.4 Å². The van der Waals surface area contributed by atoms with Crippen molar-refractivity contribution in [1.82, 2.24) is 4.98 Å². The molecule has 2 aromatic rings. The molecular formula is C17H25N3+2. The molecule has 0 aliphatic heterocycles. The van der Waals surface area contributed by atoms with Crippen molar-refractivity contribution in [2.75, 3.05) is 27.2 Å². The van der Waals surface area contributed by atoms with E-state index in [9.17, 15) is 0 Å². The van der Waals surface area contributed by atoms with Crippen molar-refractivity contribution in [3.05, 3.63) is 66.0 Å². The summed E-state index contributed by atoms with van der Waals surface area (Å²) in [6.07, 6.45) is 3.82. The molecule has 1 unspecified atom stereocenters. The van der Waals surface area contributed by atoms with Gasteiger partial charge in [-0.15, -0.1) is 0 Å². The highest BCUT2D eigenvalue weighted by molar-refractivity contribution is 5.13. The number of aromatic nitrogens is 1. The minimum Gasteiger partial charge on any atom is -0.335 e. The summed E-state index contributed by atoms with van der Waals surface area (Å²) < 4.78 is 0. The van der Waals surface area contributed by atoms with Gasteiger partial charge in [0.15, 0.2) is 0 Å². The Kier molecular flexibility index (Phi) is 5.71. The molecule has 0 amide bonds. The fourth-order valence-electron chi connectivity index (χ4n) is 2.34. The van der Waals surface area contributed by atoms with Gasteiger partial charge in [-0.05, 0) is 6.07 Å². The van der Waals surface area contributed by atoms with Crippen molar-refractivity contribution < 1.29 is 9.80 Å². The van der Waals surface area contributed by atoms with Crippen molar-refractivity contribution in [2.24, 2.45) is 0 Å². The first-order chi connectivity index (χ1) is 9.74. The highest BCUT2D eigenvalue weighted by Gasteiger charge is 2.12. The Labute approximate surface area is 121 Å². The van der Waals surface area contributed by atoms with Gasteiger partial charge in [0.25, 0.3) is 0 Å². The zero-order valence-electron chi connectivity index (χ0n) is 12.5. The number of rotatable bonds is 7. The van der Waals surface area contributed by atoms with Crippen LogP contribution in [-0.4, -0.2) is 32.2 Å². The largest absolute Gasteiger partial charge is 0.335 e. The predicted molar refractivity (Wildman–Crippen MR) is 81.6 cm³/mol. The van der Waals surface area contributed by atoms with Gasteiger partial charge in [-0.25, -0.2) is 0 Å². The van der Waals surface area contributed by atoms with Gasteiger partial charge in [-0.2, -0.15) is 0 Å². The summed E-state index contributed by atoms with van der Waals surface area (Å²) in [6.45, 7) is 4.47. The Bertz CT molecular complexity index is 441. The van der Waals surface area contributed by atoms with Crippen LogP contribution in [0.1, 0.15) is 11.1 Å². The number of pyridine rings is 1. The Morgan fingerprint density at radius 1 is 0.850 bits per heavy atom. The van der Waals surface area contributed by atoms with Crippen molar-refractivity contribution in [3.8, 4) is 0 Å². The topological polar surface area (TPSA) is 21.8 Å². The highest BCUT2D eigenvalue weighted by Crippen LogP contribution is 1.97. The van der Waals surface area contributed by atoms with Crippen molar-refractivity contribution in [2.45, 2.75) is 13.1 Å². The van der Waals surface area contributed by atoms with Crippen LogP contribution < -0.4 is 9.80 Å². The quantitative estimate of drug-likeness (QED) is 0.716. The monoisotopic (exact) mass is 271 g/mol. The average Bonchev–Trinajstić information content (AvgIpc) is 2.47. The number of quaternary nitrogens is 2. The number of nitrogens with one attached hydrogen (secondary N) is 2. The molecule has 3 nitrogen and oxygen atoms in total. The van der Waals surface area contributed by atoms with Gasteiger partial charge in [0.2, 0.25) is 0 Å². The minimum atomic E-state index is 1.04. The van der Waals surface area contributed by atoms with Crippen molar-refractivity contribution >= 4 is 0 Å². The average molecular weight is 271 g/mol. The van der Waals surface area contributed by atoms with Crippen molar-refractivity contribution in [1.29, 1.82) is 0 Å². The molecule has 2 rings (SSSR count). The molecule has 0 saturated heterocycles. The maximum Gasteiger partial charge on any atom is 0.127 e. The van der Waals surface area contributed by atoms with Crippen LogP contribution in [0.15, 0.2) is 54.9 Å². The van der Waals surface area contributed by atoms with Gasteiger partial charge in [0.05, 0.1) is 14.1 Å². The number of hydrogen-bond donors (Lipinski definition) is 2. The lowest BCUT2D eigenvalue weighted by molar-refractivity contribution is -0.960. The number of nitrogens with zero attached hydrogens (tertiary/aromatic N) is 1. The van der Waals surface area contributed by atoms with E-state index in [1.165, 1.54) is 29.1 Å². The van der Waals surface area contributed by atoms with Gasteiger partial charge in [-0.3, -0.25) is 4.98 Å². The fraction of sp³-hybridized carbons (Fsp3) is 0.353. The standard InChI is InChI=1S/C17H23N3/c1-19(2)11-12-20(14-16-7-4-3-5-8-16)15-17-9-6-10-18-13-17/h3-10,13H,11-12,14-15H2,1-2H3/p+2. The van der Waals surface area contributed by atoms with Gasteiger partial charge < -0.3 is 9.80 Å². The van der Waals surface area contributed by atoms with E-state index >= 15 is 0 Å². The van der Waals surface area contributed by atoms with E-state index in [0.717, 1.165) is 13.1 Å². The van der Waals surface area contributed by atoms with Crippen LogP contribution in [0.25, 0.3) is 0 Å². The molecule has 0 aliphatic rings. The Morgan fingerprint density at radius 2 is 1.55 bits per heavy atom. The summed E-state index contributed by atoms with van der Waals surface area (Å²) in [5.41, 5.74) is 2.72. The molecule has 1 atom stereocenters. The summed E-state index contributed by atoms with van der Waals surface area (Å²) in [4.78, 5) is 7.31. The maximum absolute atomic E-state index is 4.22. The van der Waals surface area contributed by atoms with E-state index in [2.05, 4.69) is 55.5 Å². The zero-order chi connectivity index (χ0) is 14.2. The van der Waals surface area contributed by atoms with E-state index in [-0.39, 0.29) is 0 Å². The summed E-state index contributed by atoms with van der Waals surface area (Å²) >= 11 is 0. The molecule has 0 saturated carbocycles. The lowest BCUT2D eigenvalue weighted by atomic mass is 10.2. The molecule has 2 N–H and O–H groups in total. The highest BCUT2D eigenvalue weighted by atomic mass is 15.2. The molecule has 1 aromatic heterocycles. The van der Waals surface area contributed by atoms with Crippen LogP contribution in [0, 0.1) is 0 Å². The summed E-state index contributed by atoms with van der Waals surface area (Å²) in [5.74, 6) is 0. The van der Waals surface area contributed by atoms with Crippen LogP contribution in [0.4, 0.5) is 0 Å². The third-order valence-electron chi connectivity index (χ3n) is 3.45. The Morgan fingerprint density at radius 3 is 2.20 bits per heavy atom. The third-order valence-corrected chi connectivity index (χ3v) is 3.45. The third kappa shape index (κ3) is 5.11. The van der Waals surface area contributed by atoms with Gasteiger partial charge in [0, 0.05) is 23.5 Å². The molecule has 106 valence electrons. The molecule has 0 spiro atoms. The van der Waals surface area contributed by atoms with Crippen LogP contribution in [-0.2, 0) is 13.1 Å².